The van der Waals surface area contributed by atoms with Crippen molar-refractivity contribution in [3.8, 4) is 11.5 Å². The van der Waals surface area contributed by atoms with E-state index in [9.17, 15) is 18.5 Å². The highest BCUT2D eigenvalue weighted by Crippen LogP contribution is 2.36. The van der Waals surface area contributed by atoms with Crippen LogP contribution in [0.15, 0.2) is 47.6 Å². The van der Waals surface area contributed by atoms with Crippen LogP contribution in [0.4, 0.5) is 17.1 Å². The van der Waals surface area contributed by atoms with Gasteiger partial charge in [-0.25, -0.2) is 8.42 Å². The lowest BCUT2D eigenvalue weighted by Gasteiger charge is -2.20. The van der Waals surface area contributed by atoms with Gasteiger partial charge in [0.2, 0.25) is 10.0 Å². The molecule has 0 saturated heterocycles. The van der Waals surface area contributed by atoms with Gasteiger partial charge in [0.05, 0.1) is 22.9 Å². The predicted octanol–water partition coefficient (Wildman–Crippen LogP) is 3.72. The number of anilines is 1. The van der Waals surface area contributed by atoms with Crippen LogP contribution in [0.3, 0.4) is 0 Å². The summed E-state index contributed by atoms with van der Waals surface area (Å²) in [5.41, 5.74) is 8.65. The first kappa shape index (κ1) is 18.0. The fourth-order valence-corrected chi connectivity index (χ4v) is 2.40. The Morgan fingerprint density at radius 3 is 2.40 bits per heavy atom. The van der Waals surface area contributed by atoms with Crippen LogP contribution in [0, 0.1) is 10.1 Å². The Kier molecular flexibility index (Phi) is 5.11. The van der Waals surface area contributed by atoms with Crippen LogP contribution in [0.5, 0.6) is 11.5 Å². The number of ether oxygens (including phenoxy) is 1. The summed E-state index contributed by atoms with van der Waals surface area (Å²) in [6.45, 7) is 0. The van der Waals surface area contributed by atoms with Crippen molar-refractivity contribution in [2.45, 2.75) is 0 Å². The highest BCUT2D eigenvalue weighted by molar-refractivity contribution is 7.92. The molecule has 0 saturated carbocycles. The van der Waals surface area contributed by atoms with Gasteiger partial charge >= 0.3 is 0 Å². The van der Waals surface area contributed by atoms with E-state index in [1.807, 2.05) is 0 Å². The van der Waals surface area contributed by atoms with E-state index in [4.69, 9.17) is 10.3 Å². The molecule has 0 unspecified atom stereocenters. The number of nitrogens with zero attached hydrogens (tertiary/aromatic N) is 5. The highest BCUT2D eigenvalue weighted by Gasteiger charge is 2.20. The lowest BCUT2D eigenvalue weighted by Crippen LogP contribution is -2.25. The third-order valence-corrected chi connectivity index (χ3v) is 4.41. The van der Waals surface area contributed by atoms with Gasteiger partial charge in [0, 0.05) is 23.7 Å². The van der Waals surface area contributed by atoms with Crippen LogP contribution in [0.25, 0.3) is 10.4 Å². The van der Waals surface area contributed by atoms with Gasteiger partial charge in [0.15, 0.2) is 5.75 Å². The molecule has 0 atom stereocenters. The summed E-state index contributed by atoms with van der Waals surface area (Å²) in [6.07, 6.45) is 1.01. The fraction of sp³-hybridized carbons (Fsp3) is 0.143. The van der Waals surface area contributed by atoms with Gasteiger partial charge in [-0.1, -0.05) is 5.11 Å². The van der Waals surface area contributed by atoms with Gasteiger partial charge in [0.25, 0.3) is 5.69 Å². The Balaban J connectivity index is 2.47. The van der Waals surface area contributed by atoms with Gasteiger partial charge < -0.3 is 4.74 Å². The summed E-state index contributed by atoms with van der Waals surface area (Å²) in [6, 6.07) is 9.59. The van der Waals surface area contributed by atoms with Crippen LogP contribution in [-0.2, 0) is 10.0 Å². The number of nitro groups is 1. The van der Waals surface area contributed by atoms with E-state index < -0.39 is 14.9 Å². The number of sulfonamides is 1. The molecular weight excluding hydrogens is 350 g/mol. The van der Waals surface area contributed by atoms with E-state index in [1.54, 1.807) is 0 Å². The molecule has 0 aliphatic heterocycles. The molecule has 0 radical (unpaired) electrons. The lowest BCUT2D eigenvalue weighted by molar-refractivity contribution is -0.384. The molecule has 0 heterocycles. The van der Waals surface area contributed by atoms with E-state index >= 15 is 0 Å². The highest BCUT2D eigenvalue weighted by atomic mass is 32.2. The summed E-state index contributed by atoms with van der Waals surface area (Å²) < 4.78 is 30.1. The molecule has 25 heavy (non-hydrogen) atoms. The van der Waals surface area contributed by atoms with Crippen LogP contribution in [-0.4, -0.2) is 26.6 Å². The molecule has 11 heteroatoms. The second-order valence-corrected chi connectivity index (χ2v) is 6.94. The van der Waals surface area contributed by atoms with Crippen molar-refractivity contribution in [2.24, 2.45) is 5.11 Å². The first-order chi connectivity index (χ1) is 11.7. The number of rotatable bonds is 6. The first-order valence-corrected chi connectivity index (χ1v) is 8.62. The molecule has 130 valence electrons. The minimum atomic E-state index is -3.59. The molecule has 0 N–H and O–H groups in total. The third-order valence-electron chi connectivity index (χ3n) is 3.22. The van der Waals surface area contributed by atoms with Crippen molar-refractivity contribution in [3.05, 3.63) is 63.0 Å². The Hall–Kier alpha value is -3.30. The molecule has 0 fully saturated rings. The molecule has 0 aromatic heterocycles. The minimum absolute atomic E-state index is 0.00124. The monoisotopic (exact) mass is 363 g/mol. The van der Waals surface area contributed by atoms with E-state index in [1.165, 1.54) is 43.4 Å². The van der Waals surface area contributed by atoms with Crippen LogP contribution in [0.1, 0.15) is 0 Å². The maximum absolute atomic E-state index is 11.8. The number of hydrogen-bond acceptors (Lipinski definition) is 6. The molecule has 2 rings (SSSR count). The van der Waals surface area contributed by atoms with Crippen molar-refractivity contribution < 1.29 is 18.1 Å². The van der Waals surface area contributed by atoms with Crippen molar-refractivity contribution in [2.75, 3.05) is 17.6 Å². The number of nitro benzene ring substituents is 1. The number of non-ortho nitro benzene ring substituents is 1. The maximum Gasteiger partial charge on any atom is 0.273 e. The van der Waals surface area contributed by atoms with Crippen LogP contribution in [0.2, 0.25) is 0 Å². The normalized spacial score (nSPS) is 10.6. The van der Waals surface area contributed by atoms with Crippen LogP contribution < -0.4 is 9.04 Å². The van der Waals surface area contributed by atoms with Gasteiger partial charge in [-0.05, 0) is 35.9 Å². The quantitative estimate of drug-likeness (QED) is 0.253. The Morgan fingerprint density at radius 2 is 1.88 bits per heavy atom. The summed E-state index contributed by atoms with van der Waals surface area (Å²) in [7, 11) is -2.28. The third kappa shape index (κ3) is 4.37. The number of benzene rings is 2. The fourth-order valence-electron chi connectivity index (χ4n) is 1.90. The average molecular weight is 363 g/mol. The largest absolute Gasteiger partial charge is 0.455 e. The molecule has 0 amide bonds. The second-order valence-electron chi connectivity index (χ2n) is 4.93. The second kappa shape index (κ2) is 7.07. The van der Waals surface area contributed by atoms with E-state index in [0.29, 0.717) is 11.4 Å². The smallest absolute Gasteiger partial charge is 0.273 e. The van der Waals surface area contributed by atoms with Gasteiger partial charge in [-0.2, -0.15) is 0 Å². The van der Waals surface area contributed by atoms with Crippen molar-refractivity contribution in [1.29, 1.82) is 0 Å². The van der Waals surface area contributed by atoms with Gasteiger partial charge in [0.1, 0.15) is 5.75 Å². The molecule has 0 aliphatic carbocycles. The zero-order valence-electron chi connectivity index (χ0n) is 13.2. The standard InChI is InChI=1S/C14H13N5O5S/c1-18(25(2,22)23)13-8-5-11(19(20)21)9-14(13)24-12-6-3-10(4-7-12)16-17-15/h3-9H,1-2H3. The molecule has 0 spiro atoms. The SMILES string of the molecule is CN(c1ccc([N+](=O)[O-])cc1Oc1ccc(N=[N+]=[N-])cc1)S(C)(=O)=O. The Labute approximate surface area is 143 Å². The summed E-state index contributed by atoms with van der Waals surface area (Å²) in [5, 5.41) is 14.4. The molecule has 2 aromatic carbocycles. The molecule has 2 aromatic rings. The Morgan fingerprint density at radius 1 is 1.24 bits per heavy atom. The first-order valence-electron chi connectivity index (χ1n) is 6.77. The zero-order chi connectivity index (χ0) is 18.6. The number of hydrogen-bond donors (Lipinski definition) is 0. The zero-order valence-corrected chi connectivity index (χ0v) is 14.0. The number of azide groups is 1. The molecule has 0 aliphatic rings. The lowest BCUT2D eigenvalue weighted by atomic mass is 10.2. The molecule has 0 bridgehead atoms. The molecule has 10 nitrogen and oxygen atoms in total. The molecular formula is C14H13N5O5S. The van der Waals surface area contributed by atoms with E-state index in [2.05, 4.69) is 10.0 Å². The minimum Gasteiger partial charge on any atom is -0.455 e. The van der Waals surface area contributed by atoms with E-state index in [-0.39, 0.29) is 17.1 Å². The van der Waals surface area contributed by atoms with Gasteiger partial charge in [-0.3, -0.25) is 14.4 Å². The topological polar surface area (TPSA) is 139 Å². The summed E-state index contributed by atoms with van der Waals surface area (Å²) >= 11 is 0. The Bertz CT molecular complexity index is 952. The van der Waals surface area contributed by atoms with Crippen molar-refractivity contribution in [1.82, 2.24) is 0 Å². The van der Waals surface area contributed by atoms with E-state index in [0.717, 1.165) is 16.6 Å². The summed E-state index contributed by atoms with van der Waals surface area (Å²) in [5.74, 6) is 0.291. The predicted molar refractivity (Wildman–Crippen MR) is 91.7 cm³/mol. The maximum atomic E-state index is 11.8. The van der Waals surface area contributed by atoms with Crippen molar-refractivity contribution in [3.63, 3.8) is 0 Å². The van der Waals surface area contributed by atoms with Crippen molar-refractivity contribution >= 4 is 27.1 Å². The average Bonchev–Trinajstić information content (AvgIpc) is 2.55. The summed E-state index contributed by atoms with van der Waals surface area (Å²) in [4.78, 5) is 13.0. The van der Waals surface area contributed by atoms with Crippen LogP contribution >= 0.6 is 0 Å². The van der Waals surface area contributed by atoms with Gasteiger partial charge in [-0.15, -0.1) is 0 Å².